The van der Waals surface area contributed by atoms with Crippen LogP contribution >= 0.6 is 11.3 Å². The SMILES string of the molecule is O=C(NCCc1cccs1)c1ccc(NC(=O)c2ccco2)cc1. The van der Waals surface area contributed by atoms with Gasteiger partial charge in [-0.05, 0) is 54.3 Å². The van der Waals surface area contributed by atoms with E-state index in [0.717, 1.165) is 6.42 Å². The minimum Gasteiger partial charge on any atom is -0.459 e. The van der Waals surface area contributed by atoms with Crippen molar-refractivity contribution in [3.63, 3.8) is 0 Å². The lowest BCUT2D eigenvalue weighted by Crippen LogP contribution is -2.25. The smallest absolute Gasteiger partial charge is 0.291 e. The summed E-state index contributed by atoms with van der Waals surface area (Å²) in [5.74, 6) is -0.214. The molecule has 2 amide bonds. The normalized spacial score (nSPS) is 10.3. The summed E-state index contributed by atoms with van der Waals surface area (Å²) in [4.78, 5) is 25.2. The van der Waals surface area contributed by atoms with Crippen molar-refractivity contribution in [2.45, 2.75) is 6.42 Å². The number of nitrogens with one attached hydrogen (secondary N) is 2. The zero-order valence-corrected chi connectivity index (χ0v) is 13.6. The molecule has 0 fully saturated rings. The average molecular weight is 340 g/mol. The number of anilines is 1. The maximum absolute atomic E-state index is 12.1. The molecule has 0 aliphatic rings. The Morgan fingerprint density at radius 3 is 2.50 bits per heavy atom. The second-order valence-electron chi connectivity index (χ2n) is 5.09. The summed E-state index contributed by atoms with van der Waals surface area (Å²) in [5, 5.41) is 7.62. The lowest BCUT2D eigenvalue weighted by Gasteiger charge is -2.06. The van der Waals surface area contributed by atoms with Gasteiger partial charge in [0.2, 0.25) is 0 Å². The summed E-state index contributed by atoms with van der Waals surface area (Å²) >= 11 is 1.68. The van der Waals surface area contributed by atoms with Gasteiger partial charge in [-0.15, -0.1) is 11.3 Å². The molecule has 1 aromatic carbocycles. The molecule has 0 radical (unpaired) electrons. The number of rotatable bonds is 6. The Morgan fingerprint density at radius 2 is 1.83 bits per heavy atom. The average Bonchev–Trinajstić information content (AvgIpc) is 3.29. The molecule has 3 aromatic rings. The van der Waals surface area contributed by atoms with Crippen molar-refractivity contribution in [1.82, 2.24) is 5.32 Å². The van der Waals surface area contributed by atoms with Crippen LogP contribution in [0.5, 0.6) is 0 Å². The molecule has 2 N–H and O–H groups in total. The van der Waals surface area contributed by atoms with E-state index < -0.39 is 0 Å². The zero-order chi connectivity index (χ0) is 16.8. The predicted molar refractivity (Wildman–Crippen MR) is 93.5 cm³/mol. The van der Waals surface area contributed by atoms with Crippen LogP contribution in [0.15, 0.2) is 64.6 Å². The van der Waals surface area contributed by atoms with E-state index in [0.29, 0.717) is 17.8 Å². The van der Waals surface area contributed by atoms with E-state index >= 15 is 0 Å². The van der Waals surface area contributed by atoms with Gasteiger partial charge in [-0.2, -0.15) is 0 Å². The van der Waals surface area contributed by atoms with Crippen molar-refractivity contribution < 1.29 is 14.0 Å². The molecular weight excluding hydrogens is 324 g/mol. The summed E-state index contributed by atoms with van der Waals surface area (Å²) in [6.45, 7) is 0.594. The highest BCUT2D eigenvalue weighted by Crippen LogP contribution is 2.12. The minimum absolute atomic E-state index is 0.129. The maximum Gasteiger partial charge on any atom is 0.291 e. The fourth-order valence-corrected chi connectivity index (χ4v) is 2.87. The maximum atomic E-state index is 12.1. The van der Waals surface area contributed by atoms with Crippen LogP contribution in [-0.4, -0.2) is 18.4 Å². The van der Waals surface area contributed by atoms with Gasteiger partial charge < -0.3 is 15.1 Å². The van der Waals surface area contributed by atoms with Gasteiger partial charge in [0.15, 0.2) is 5.76 Å². The van der Waals surface area contributed by atoms with E-state index in [1.54, 1.807) is 47.7 Å². The van der Waals surface area contributed by atoms with E-state index in [-0.39, 0.29) is 17.6 Å². The molecule has 0 unspecified atom stereocenters. The Labute approximate surface area is 143 Å². The monoisotopic (exact) mass is 340 g/mol. The first kappa shape index (κ1) is 16.0. The van der Waals surface area contributed by atoms with Crippen LogP contribution in [-0.2, 0) is 6.42 Å². The van der Waals surface area contributed by atoms with E-state index in [2.05, 4.69) is 10.6 Å². The van der Waals surface area contributed by atoms with Crippen LogP contribution in [0.3, 0.4) is 0 Å². The topological polar surface area (TPSA) is 71.3 Å². The molecule has 2 heterocycles. The summed E-state index contributed by atoms with van der Waals surface area (Å²) < 4.78 is 5.03. The molecule has 0 saturated heterocycles. The summed E-state index contributed by atoms with van der Waals surface area (Å²) in [6.07, 6.45) is 2.26. The zero-order valence-electron chi connectivity index (χ0n) is 12.8. The highest BCUT2D eigenvalue weighted by Gasteiger charge is 2.09. The lowest BCUT2D eigenvalue weighted by atomic mass is 10.2. The molecular formula is C18H16N2O3S. The Bertz CT molecular complexity index is 793. The first-order valence-electron chi connectivity index (χ1n) is 7.48. The van der Waals surface area contributed by atoms with Crippen molar-refractivity contribution in [2.24, 2.45) is 0 Å². The number of hydrogen-bond acceptors (Lipinski definition) is 4. The fraction of sp³-hybridized carbons (Fsp3) is 0.111. The van der Waals surface area contributed by atoms with Gasteiger partial charge in [0.05, 0.1) is 6.26 Å². The second kappa shape index (κ2) is 7.61. The number of carbonyl (C=O) groups is 2. The molecule has 0 bridgehead atoms. The lowest BCUT2D eigenvalue weighted by molar-refractivity contribution is 0.0953. The molecule has 5 nitrogen and oxygen atoms in total. The van der Waals surface area contributed by atoms with E-state index in [4.69, 9.17) is 4.42 Å². The van der Waals surface area contributed by atoms with Crippen molar-refractivity contribution in [3.8, 4) is 0 Å². The number of carbonyl (C=O) groups excluding carboxylic acids is 2. The number of hydrogen-bond donors (Lipinski definition) is 2. The van der Waals surface area contributed by atoms with Gasteiger partial charge in [-0.3, -0.25) is 9.59 Å². The molecule has 24 heavy (non-hydrogen) atoms. The first-order valence-corrected chi connectivity index (χ1v) is 8.36. The van der Waals surface area contributed by atoms with Crippen molar-refractivity contribution >= 4 is 28.8 Å². The number of thiophene rings is 1. The van der Waals surface area contributed by atoms with Gasteiger partial charge in [0.25, 0.3) is 11.8 Å². The van der Waals surface area contributed by atoms with E-state index in [1.807, 2.05) is 17.5 Å². The molecule has 122 valence electrons. The standard InChI is InChI=1S/C18H16N2O3S/c21-17(19-10-9-15-3-2-12-24-15)13-5-7-14(8-6-13)20-18(22)16-4-1-11-23-16/h1-8,11-12H,9-10H2,(H,19,21)(H,20,22). The van der Waals surface area contributed by atoms with Crippen molar-refractivity contribution in [1.29, 1.82) is 0 Å². The third kappa shape index (κ3) is 4.11. The third-order valence-corrected chi connectivity index (χ3v) is 4.32. The summed E-state index contributed by atoms with van der Waals surface area (Å²) in [5.41, 5.74) is 1.16. The second-order valence-corrected chi connectivity index (χ2v) is 6.13. The van der Waals surface area contributed by atoms with Gasteiger partial charge in [0.1, 0.15) is 0 Å². The highest BCUT2D eigenvalue weighted by atomic mass is 32.1. The minimum atomic E-state index is -0.326. The number of furan rings is 1. The largest absolute Gasteiger partial charge is 0.459 e. The molecule has 0 saturated carbocycles. The molecule has 3 rings (SSSR count). The number of amides is 2. The van der Waals surface area contributed by atoms with Crippen LogP contribution in [0.25, 0.3) is 0 Å². The van der Waals surface area contributed by atoms with Crippen molar-refractivity contribution in [3.05, 3.63) is 76.4 Å². The Hall–Kier alpha value is -2.86. The number of benzene rings is 1. The Morgan fingerprint density at radius 1 is 1.00 bits per heavy atom. The quantitative estimate of drug-likeness (QED) is 0.721. The highest BCUT2D eigenvalue weighted by molar-refractivity contribution is 7.09. The van der Waals surface area contributed by atoms with Crippen LogP contribution in [0.1, 0.15) is 25.8 Å². The predicted octanol–water partition coefficient (Wildman–Crippen LogP) is 3.57. The van der Waals surface area contributed by atoms with Crippen LogP contribution < -0.4 is 10.6 Å². The molecule has 0 atom stereocenters. The molecule has 0 aliphatic heterocycles. The Balaban J connectivity index is 1.51. The van der Waals surface area contributed by atoms with Crippen molar-refractivity contribution in [2.75, 3.05) is 11.9 Å². The Kier molecular flexibility index (Phi) is 5.08. The third-order valence-electron chi connectivity index (χ3n) is 3.39. The molecule has 6 heteroatoms. The van der Waals surface area contributed by atoms with Gasteiger partial charge in [-0.25, -0.2) is 0 Å². The van der Waals surface area contributed by atoms with Gasteiger partial charge in [-0.1, -0.05) is 6.07 Å². The van der Waals surface area contributed by atoms with Gasteiger partial charge >= 0.3 is 0 Å². The summed E-state index contributed by atoms with van der Waals surface area (Å²) in [7, 11) is 0. The summed E-state index contributed by atoms with van der Waals surface area (Å²) in [6, 6.07) is 14.0. The van der Waals surface area contributed by atoms with Crippen LogP contribution in [0.4, 0.5) is 5.69 Å². The van der Waals surface area contributed by atoms with Gasteiger partial charge in [0, 0.05) is 22.7 Å². The first-order chi connectivity index (χ1) is 11.7. The molecule has 0 aliphatic carbocycles. The van der Waals surface area contributed by atoms with Crippen LogP contribution in [0, 0.1) is 0 Å². The van der Waals surface area contributed by atoms with E-state index in [1.165, 1.54) is 11.1 Å². The fourth-order valence-electron chi connectivity index (χ4n) is 2.16. The van der Waals surface area contributed by atoms with Crippen LogP contribution in [0.2, 0.25) is 0 Å². The van der Waals surface area contributed by atoms with E-state index in [9.17, 15) is 9.59 Å². The molecule has 0 spiro atoms. The molecule has 2 aromatic heterocycles.